The summed E-state index contributed by atoms with van der Waals surface area (Å²) in [5, 5.41) is 15.2. The number of anilines is 1. The topological polar surface area (TPSA) is 84.2 Å². The van der Waals surface area contributed by atoms with Gasteiger partial charge < -0.3 is 10.4 Å². The molecule has 0 saturated carbocycles. The highest BCUT2D eigenvalue weighted by atomic mass is 79.9. The van der Waals surface area contributed by atoms with Crippen LogP contribution in [0.3, 0.4) is 0 Å². The average Bonchev–Trinajstić information content (AvgIpc) is 2.80. The van der Waals surface area contributed by atoms with Crippen LogP contribution in [0.15, 0.2) is 41.0 Å². The van der Waals surface area contributed by atoms with Crippen LogP contribution in [0.1, 0.15) is 10.5 Å². The molecule has 1 aromatic heterocycles. The highest BCUT2D eigenvalue weighted by Gasteiger charge is 2.10. The number of nitrogens with zero attached hydrogens (tertiary/aromatic N) is 2. The number of para-hydroxylation sites is 1. The van der Waals surface area contributed by atoms with Crippen molar-refractivity contribution in [2.45, 2.75) is 6.54 Å². The average molecular weight is 324 g/mol. The number of carboxylic acid groups (broad SMARTS) is 1. The lowest BCUT2D eigenvalue weighted by Gasteiger charge is -2.06. The third-order valence-electron chi connectivity index (χ3n) is 2.31. The molecule has 0 aliphatic rings. The van der Waals surface area contributed by atoms with Gasteiger partial charge in [0, 0.05) is 10.7 Å². The smallest absolute Gasteiger partial charge is 0.356 e. The number of amides is 1. The summed E-state index contributed by atoms with van der Waals surface area (Å²) in [5.74, 6) is -1.41. The van der Waals surface area contributed by atoms with Gasteiger partial charge in [0.1, 0.15) is 6.54 Å². The minimum atomic E-state index is -1.12. The third kappa shape index (κ3) is 3.41. The third-order valence-corrected chi connectivity index (χ3v) is 3.00. The first-order valence-corrected chi connectivity index (χ1v) is 6.16. The first-order chi connectivity index (χ1) is 9.06. The fourth-order valence-electron chi connectivity index (χ4n) is 1.46. The number of halogens is 1. The van der Waals surface area contributed by atoms with Crippen LogP contribution in [0.2, 0.25) is 0 Å². The van der Waals surface area contributed by atoms with Gasteiger partial charge in [-0.15, -0.1) is 0 Å². The summed E-state index contributed by atoms with van der Waals surface area (Å²) in [6.07, 6.45) is 1.45. The molecule has 19 heavy (non-hydrogen) atoms. The molecular formula is C12H10BrN3O3. The maximum atomic E-state index is 11.8. The monoisotopic (exact) mass is 323 g/mol. The second kappa shape index (κ2) is 5.66. The van der Waals surface area contributed by atoms with Gasteiger partial charge in [0.05, 0.1) is 5.69 Å². The molecule has 98 valence electrons. The number of rotatable bonds is 4. The van der Waals surface area contributed by atoms with Gasteiger partial charge in [-0.05, 0) is 34.1 Å². The summed E-state index contributed by atoms with van der Waals surface area (Å²) in [6.45, 7) is -0.0470. The van der Waals surface area contributed by atoms with E-state index >= 15 is 0 Å². The molecule has 0 unspecified atom stereocenters. The zero-order valence-electron chi connectivity index (χ0n) is 9.71. The van der Waals surface area contributed by atoms with Crippen molar-refractivity contribution in [3.05, 3.63) is 46.7 Å². The molecule has 1 aromatic carbocycles. The van der Waals surface area contributed by atoms with Crippen LogP contribution in [0.5, 0.6) is 0 Å². The minimum absolute atomic E-state index is 0.0470. The Kier molecular flexibility index (Phi) is 3.96. The van der Waals surface area contributed by atoms with E-state index in [1.807, 2.05) is 12.1 Å². The van der Waals surface area contributed by atoms with Gasteiger partial charge >= 0.3 is 5.97 Å². The molecule has 0 aliphatic heterocycles. The van der Waals surface area contributed by atoms with E-state index in [0.717, 1.165) is 4.47 Å². The molecule has 2 aromatic rings. The van der Waals surface area contributed by atoms with Crippen LogP contribution >= 0.6 is 15.9 Å². The van der Waals surface area contributed by atoms with Gasteiger partial charge in [0.2, 0.25) is 5.91 Å². The second-order valence-corrected chi connectivity index (χ2v) is 4.59. The van der Waals surface area contributed by atoms with Crippen LogP contribution in [0, 0.1) is 0 Å². The lowest BCUT2D eigenvalue weighted by molar-refractivity contribution is -0.116. The Morgan fingerprint density at radius 2 is 2.05 bits per heavy atom. The molecule has 7 heteroatoms. The van der Waals surface area contributed by atoms with Gasteiger partial charge in [-0.1, -0.05) is 12.1 Å². The lowest BCUT2D eigenvalue weighted by atomic mass is 10.3. The number of aromatic nitrogens is 2. The zero-order valence-corrected chi connectivity index (χ0v) is 11.3. The first-order valence-electron chi connectivity index (χ1n) is 5.37. The highest BCUT2D eigenvalue weighted by molar-refractivity contribution is 9.10. The largest absolute Gasteiger partial charge is 0.476 e. The lowest BCUT2D eigenvalue weighted by Crippen LogP contribution is -2.19. The molecule has 2 rings (SSSR count). The number of carbonyl (C=O) groups excluding carboxylic acids is 1. The molecule has 2 N–H and O–H groups in total. The minimum Gasteiger partial charge on any atom is -0.476 e. The molecule has 0 fully saturated rings. The Morgan fingerprint density at radius 3 is 2.68 bits per heavy atom. The summed E-state index contributed by atoms with van der Waals surface area (Å²) < 4.78 is 2.05. The quantitative estimate of drug-likeness (QED) is 0.901. The van der Waals surface area contributed by atoms with E-state index in [0.29, 0.717) is 5.69 Å². The van der Waals surface area contributed by atoms with Gasteiger partial charge in [0.25, 0.3) is 0 Å². The van der Waals surface area contributed by atoms with Crippen molar-refractivity contribution in [3.8, 4) is 0 Å². The summed E-state index contributed by atoms with van der Waals surface area (Å²) >= 11 is 3.32. The number of aromatic carboxylic acids is 1. The number of carbonyl (C=O) groups is 2. The number of nitrogens with one attached hydrogen (secondary N) is 1. The molecule has 0 saturated heterocycles. The maximum absolute atomic E-state index is 11.8. The van der Waals surface area contributed by atoms with E-state index in [9.17, 15) is 9.59 Å². The Hall–Kier alpha value is -2.15. The van der Waals surface area contributed by atoms with E-state index in [-0.39, 0.29) is 18.1 Å². The zero-order chi connectivity index (χ0) is 13.8. The predicted octanol–water partition coefficient (Wildman–Crippen LogP) is 1.98. The Balaban J connectivity index is 2.01. The molecule has 0 atom stereocenters. The number of benzene rings is 1. The Labute approximate surface area is 117 Å². The SMILES string of the molecule is O=C(Cn1ccc(C(=O)O)n1)Nc1ccccc1Br. The number of hydrogen-bond donors (Lipinski definition) is 2. The van der Waals surface area contributed by atoms with Gasteiger partial charge in [-0.2, -0.15) is 5.10 Å². The molecule has 0 radical (unpaired) electrons. The molecule has 6 nitrogen and oxygen atoms in total. The van der Waals surface area contributed by atoms with Gasteiger partial charge in [-0.3, -0.25) is 9.48 Å². The predicted molar refractivity (Wildman–Crippen MR) is 72.0 cm³/mol. The molecule has 1 heterocycles. The van der Waals surface area contributed by atoms with Crippen LogP contribution in [-0.2, 0) is 11.3 Å². The van der Waals surface area contributed by atoms with Crippen molar-refractivity contribution < 1.29 is 14.7 Å². The highest BCUT2D eigenvalue weighted by Crippen LogP contribution is 2.20. The van der Waals surface area contributed by atoms with Crippen molar-refractivity contribution in [2.24, 2.45) is 0 Å². The van der Waals surface area contributed by atoms with E-state index in [1.54, 1.807) is 12.1 Å². The van der Waals surface area contributed by atoms with Crippen LogP contribution in [0.25, 0.3) is 0 Å². The summed E-state index contributed by atoms with van der Waals surface area (Å²) in [7, 11) is 0. The molecular weight excluding hydrogens is 314 g/mol. The van der Waals surface area contributed by atoms with Gasteiger partial charge in [0.15, 0.2) is 5.69 Å². The van der Waals surface area contributed by atoms with Crippen molar-refractivity contribution in [1.29, 1.82) is 0 Å². The Bertz CT molecular complexity index is 624. The Morgan fingerprint density at radius 1 is 1.32 bits per heavy atom. The number of hydrogen-bond acceptors (Lipinski definition) is 3. The summed E-state index contributed by atoms with van der Waals surface area (Å²) in [4.78, 5) is 22.4. The van der Waals surface area contributed by atoms with Crippen LogP contribution < -0.4 is 5.32 Å². The van der Waals surface area contributed by atoms with Crippen molar-refractivity contribution in [3.63, 3.8) is 0 Å². The summed E-state index contributed by atoms with van der Waals surface area (Å²) in [6, 6.07) is 8.55. The normalized spacial score (nSPS) is 10.2. The van der Waals surface area contributed by atoms with E-state index in [4.69, 9.17) is 5.11 Å². The molecule has 0 aliphatic carbocycles. The molecule has 1 amide bonds. The van der Waals surface area contributed by atoms with E-state index < -0.39 is 5.97 Å². The van der Waals surface area contributed by atoms with E-state index in [1.165, 1.54) is 16.9 Å². The maximum Gasteiger partial charge on any atom is 0.356 e. The molecule has 0 spiro atoms. The van der Waals surface area contributed by atoms with Crippen LogP contribution in [-0.4, -0.2) is 26.8 Å². The number of carboxylic acids is 1. The van der Waals surface area contributed by atoms with E-state index in [2.05, 4.69) is 26.3 Å². The van der Waals surface area contributed by atoms with Crippen molar-refractivity contribution in [1.82, 2.24) is 9.78 Å². The first kappa shape index (κ1) is 13.3. The molecule has 0 bridgehead atoms. The summed E-state index contributed by atoms with van der Waals surface area (Å²) in [5.41, 5.74) is 0.562. The second-order valence-electron chi connectivity index (χ2n) is 3.73. The van der Waals surface area contributed by atoms with Crippen molar-refractivity contribution in [2.75, 3.05) is 5.32 Å². The van der Waals surface area contributed by atoms with Crippen LogP contribution in [0.4, 0.5) is 5.69 Å². The van der Waals surface area contributed by atoms with Gasteiger partial charge in [-0.25, -0.2) is 4.79 Å². The fraction of sp³-hybridized carbons (Fsp3) is 0.0833. The standard InChI is InChI=1S/C12H10BrN3O3/c13-8-3-1-2-4-9(8)14-11(17)7-16-6-5-10(15-16)12(18)19/h1-6H,7H2,(H,14,17)(H,18,19). The van der Waals surface area contributed by atoms with Crippen molar-refractivity contribution >= 4 is 33.5 Å². The fourth-order valence-corrected chi connectivity index (χ4v) is 1.85.